The molecule has 0 N–H and O–H groups in total. The van der Waals surface area contributed by atoms with Gasteiger partial charge in [-0.1, -0.05) is 12.2 Å². The van der Waals surface area contributed by atoms with E-state index in [9.17, 15) is 9.59 Å². The summed E-state index contributed by atoms with van der Waals surface area (Å²) in [5.41, 5.74) is -1.06. The number of carbonyl (C=O) groups is 2. The van der Waals surface area contributed by atoms with Crippen LogP contribution < -0.4 is 0 Å². The van der Waals surface area contributed by atoms with E-state index < -0.39 is 28.9 Å². The maximum Gasteiger partial charge on any atom is 0.330 e. The molecule has 0 bridgehead atoms. The highest BCUT2D eigenvalue weighted by Crippen LogP contribution is 2.28. The Morgan fingerprint density at radius 1 is 0.840 bits per heavy atom. The quantitative estimate of drug-likeness (QED) is 0.538. The van der Waals surface area contributed by atoms with Gasteiger partial charge < -0.3 is 18.9 Å². The molecule has 0 radical (unpaired) electrons. The molecular weight excluding hydrogens is 324 g/mol. The minimum Gasteiger partial charge on any atom is -0.457 e. The molecular formula is C19H30O6. The van der Waals surface area contributed by atoms with E-state index in [0.29, 0.717) is 26.1 Å². The lowest BCUT2D eigenvalue weighted by Crippen LogP contribution is -2.29. The van der Waals surface area contributed by atoms with Crippen LogP contribution >= 0.6 is 0 Å². The summed E-state index contributed by atoms with van der Waals surface area (Å²) in [6.07, 6.45) is 6.84. The first-order valence-electron chi connectivity index (χ1n) is 8.48. The summed E-state index contributed by atoms with van der Waals surface area (Å²) in [5.74, 6) is -1.69. The molecule has 25 heavy (non-hydrogen) atoms. The van der Waals surface area contributed by atoms with Gasteiger partial charge in [0, 0.05) is 25.0 Å². The molecule has 0 saturated carbocycles. The van der Waals surface area contributed by atoms with Gasteiger partial charge in [0.2, 0.25) is 0 Å². The Labute approximate surface area is 150 Å². The molecule has 1 aliphatic heterocycles. The van der Waals surface area contributed by atoms with Gasteiger partial charge in [-0.3, -0.25) is 0 Å². The first-order chi connectivity index (χ1) is 11.4. The zero-order valence-electron chi connectivity index (χ0n) is 16.1. The molecule has 0 aromatic carbocycles. The van der Waals surface area contributed by atoms with Gasteiger partial charge in [0.25, 0.3) is 0 Å². The standard InChI is InChI=1S/C19H30O6/c1-17(2,3)24-15(20)9-7-11-19(22-13-14-23-19)12-8-10-16(21)25-18(4,5)6/h7-10H,11-14H2,1-6H3/b9-7+,10-8+. The summed E-state index contributed by atoms with van der Waals surface area (Å²) < 4.78 is 21.8. The van der Waals surface area contributed by atoms with Gasteiger partial charge in [-0.05, 0) is 41.5 Å². The number of ether oxygens (including phenoxy) is 4. The van der Waals surface area contributed by atoms with Crippen molar-refractivity contribution in [1.29, 1.82) is 0 Å². The molecule has 0 unspecified atom stereocenters. The molecule has 142 valence electrons. The third-order valence-electron chi connectivity index (χ3n) is 2.99. The van der Waals surface area contributed by atoms with Gasteiger partial charge >= 0.3 is 11.9 Å². The maximum atomic E-state index is 11.7. The first kappa shape index (κ1) is 21.4. The maximum absolute atomic E-state index is 11.7. The lowest BCUT2D eigenvalue weighted by molar-refractivity contribution is -0.152. The highest BCUT2D eigenvalue weighted by Gasteiger charge is 2.34. The Balaban J connectivity index is 2.57. The second-order valence-electron chi connectivity index (χ2n) is 7.89. The summed E-state index contributed by atoms with van der Waals surface area (Å²) in [7, 11) is 0. The number of carbonyl (C=O) groups excluding carboxylic acids is 2. The predicted octanol–water partition coefficient (Wildman–Crippen LogP) is 3.31. The Hall–Kier alpha value is -1.66. The van der Waals surface area contributed by atoms with Gasteiger partial charge in [-0.25, -0.2) is 9.59 Å². The van der Waals surface area contributed by atoms with Crippen LogP contribution in [0.2, 0.25) is 0 Å². The normalized spacial score (nSPS) is 18.0. The van der Waals surface area contributed by atoms with Crippen LogP contribution in [0.5, 0.6) is 0 Å². The van der Waals surface area contributed by atoms with Crippen LogP contribution in [0.15, 0.2) is 24.3 Å². The Morgan fingerprint density at radius 3 is 1.52 bits per heavy atom. The predicted molar refractivity (Wildman–Crippen MR) is 93.8 cm³/mol. The van der Waals surface area contributed by atoms with Crippen molar-refractivity contribution in [3.63, 3.8) is 0 Å². The van der Waals surface area contributed by atoms with Crippen molar-refractivity contribution in [2.45, 2.75) is 71.4 Å². The number of hydrogen-bond donors (Lipinski definition) is 0. The highest BCUT2D eigenvalue weighted by atomic mass is 16.7. The van der Waals surface area contributed by atoms with Crippen LogP contribution in [0.3, 0.4) is 0 Å². The molecule has 0 aromatic heterocycles. The van der Waals surface area contributed by atoms with E-state index in [-0.39, 0.29) is 0 Å². The van der Waals surface area contributed by atoms with Gasteiger partial charge in [0.15, 0.2) is 5.79 Å². The molecule has 1 aliphatic rings. The average molecular weight is 354 g/mol. The van der Waals surface area contributed by atoms with Crippen LogP contribution in [-0.2, 0) is 28.5 Å². The SMILES string of the molecule is CC(C)(C)OC(=O)/C=C/CC1(C/C=C/C(=O)OC(C)(C)C)OCCO1. The molecule has 6 heteroatoms. The Kier molecular flexibility index (Phi) is 7.38. The number of esters is 2. The summed E-state index contributed by atoms with van der Waals surface area (Å²) in [6, 6.07) is 0. The molecule has 0 aliphatic carbocycles. The fraction of sp³-hybridized carbons (Fsp3) is 0.684. The van der Waals surface area contributed by atoms with E-state index >= 15 is 0 Å². The van der Waals surface area contributed by atoms with E-state index in [1.165, 1.54) is 12.2 Å². The Morgan fingerprint density at radius 2 is 1.20 bits per heavy atom. The van der Waals surface area contributed by atoms with Gasteiger partial charge in [-0.2, -0.15) is 0 Å². The zero-order valence-corrected chi connectivity index (χ0v) is 16.1. The van der Waals surface area contributed by atoms with Crippen LogP contribution in [0.25, 0.3) is 0 Å². The Bertz CT molecular complexity index is 471. The van der Waals surface area contributed by atoms with E-state index in [0.717, 1.165) is 0 Å². The molecule has 1 fully saturated rings. The molecule has 1 rings (SSSR count). The fourth-order valence-corrected chi connectivity index (χ4v) is 2.16. The molecule has 1 saturated heterocycles. The van der Waals surface area contributed by atoms with Crippen LogP contribution in [-0.4, -0.2) is 42.1 Å². The highest BCUT2D eigenvalue weighted by molar-refractivity contribution is 5.82. The van der Waals surface area contributed by atoms with Crippen molar-refractivity contribution in [2.75, 3.05) is 13.2 Å². The lowest BCUT2D eigenvalue weighted by atomic mass is 10.1. The monoisotopic (exact) mass is 354 g/mol. The van der Waals surface area contributed by atoms with E-state index in [4.69, 9.17) is 18.9 Å². The minimum atomic E-state index is -0.864. The summed E-state index contributed by atoms with van der Waals surface area (Å²) >= 11 is 0. The van der Waals surface area contributed by atoms with Crippen LogP contribution in [0.4, 0.5) is 0 Å². The van der Waals surface area contributed by atoms with Crippen molar-refractivity contribution in [1.82, 2.24) is 0 Å². The molecule has 0 spiro atoms. The molecule has 0 amide bonds. The first-order valence-corrected chi connectivity index (χ1v) is 8.48. The van der Waals surface area contributed by atoms with E-state index in [1.54, 1.807) is 12.2 Å². The van der Waals surface area contributed by atoms with Crippen LogP contribution in [0, 0.1) is 0 Å². The summed E-state index contributed by atoms with van der Waals surface area (Å²) in [4.78, 5) is 23.4. The van der Waals surface area contributed by atoms with E-state index in [2.05, 4.69) is 0 Å². The molecule has 0 atom stereocenters. The second kappa shape index (κ2) is 8.63. The van der Waals surface area contributed by atoms with Crippen molar-refractivity contribution < 1.29 is 28.5 Å². The van der Waals surface area contributed by atoms with Gasteiger partial charge in [0.05, 0.1) is 13.2 Å². The molecule has 0 aromatic rings. The van der Waals surface area contributed by atoms with Crippen molar-refractivity contribution in [3.8, 4) is 0 Å². The smallest absolute Gasteiger partial charge is 0.330 e. The average Bonchev–Trinajstić information content (AvgIpc) is 2.83. The second-order valence-corrected chi connectivity index (χ2v) is 7.89. The van der Waals surface area contributed by atoms with Gasteiger partial charge in [0.1, 0.15) is 11.2 Å². The lowest BCUT2D eigenvalue weighted by Gasteiger charge is -2.24. The number of hydrogen-bond acceptors (Lipinski definition) is 6. The largest absolute Gasteiger partial charge is 0.457 e. The summed E-state index contributed by atoms with van der Waals surface area (Å²) in [6.45, 7) is 11.8. The fourth-order valence-electron chi connectivity index (χ4n) is 2.16. The van der Waals surface area contributed by atoms with Crippen molar-refractivity contribution in [3.05, 3.63) is 24.3 Å². The third-order valence-corrected chi connectivity index (χ3v) is 2.99. The molecule has 1 heterocycles. The van der Waals surface area contributed by atoms with E-state index in [1.807, 2.05) is 41.5 Å². The minimum absolute atomic E-state index is 0.380. The van der Waals surface area contributed by atoms with Crippen molar-refractivity contribution in [2.24, 2.45) is 0 Å². The number of rotatable bonds is 6. The van der Waals surface area contributed by atoms with Gasteiger partial charge in [-0.15, -0.1) is 0 Å². The van der Waals surface area contributed by atoms with Crippen LogP contribution in [0.1, 0.15) is 54.4 Å². The summed E-state index contributed by atoms with van der Waals surface area (Å²) in [5, 5.41) is 0. The van der Waals surface area contributed by atoms with Crippen molar-refractivity contribution >= 4 is 11.9 Å². The topological polar surface area (TPSA) is 71.1 Å². The third kappa shape index (κ3) is 9.41. The molecule has 6 nitrogen and oxygen atoms in total. The zero-order chi connectivity index (χ0) is 19.1.